The standard InChI is InChI=1S/C7H11N5/c1-2-3-4-5-12-10-7(6-8)9-11-12/h2-5H2,1H3. The second-order valence-electron chi connectivity index (χ2n) is 2.53. The lowest BCUT2D eigenvalue weighted by atomic mass is 10.2. The van der Waals surface area contributed by atoms with Crippen LogP contribution in [0.5, 0.6) is 0 Å². The Bertz CT molecular complexity index is 272. The first-order valence-electron chi connectivity index (χ1n) is 4.04. The van der Waals surface area contributed by atoms with Crippen LogP contribution in [0.15, 0.2) is 0 Å². The molecule has 0 aromatic carbocycles. The third-order valence-corrected chi connectivity index (χ3v) is 1.51. The summed E-state index contributed by atoms with van der Waals surface area (Å²) >= 11 is 0. The lowest BCUT2D eigenvalue weighted by molar-refractivity contribution is 0.485. The van der Waals surface area contributed by atoms with Crippen molar-refractivity contribution >= 4 is 0 Å². The van der Waals surface area contributed by atoms with E-state index in [1.54, 1.807) is 0 Å². The van der Waals surface area contributed by atoms with Gasteiger partial charge in [0, 0.05) is 0 Å². The molecule has 0 aliphatic rings. The zero-order valence-electron chi connectivity index (χ0n) is 7.06. The van der Waals surface area contributed by atoms with Gasteiger partial charge in [-0.3, -0.25) is 0 Å². The van der Waals surface area contributed by atoms with Crippen molar-refractivity contribution in [1.29, 1.82) is 5.26 Å². The first-order chi connectivity index (χ1) is 5.86. The van der Waals surface area contributed by atoms with Crippen LogP contribution in [0.2, 0.25) is 0 Å². The summed E-state index contributed by atoms with van der Waals surface area (Å²) in [5.41, 5.74) is 0. The molecule has 1 aromatic heterocycles. The summed E-state index contributed by atoms with van der Waals surface area (Å²) in [4.78, 5) is 1.47. The van der Waals surface area contributed by atoms with E-state index in [4.69, 9.17) is 5.26 Å². The van der Waals surface area contributed by atoms with Gasteiger partial charge < -0.3 is 0 Å². The molecule has 0 atom stereocenters. The Morgan fingerprint density at radius 2 is 2.33 bits per heavy atom. The molecule has 1 rings (SSSR count). The highest BCUT2D eigenvalue weighted by Gasteiger charge is 1.98. The normalized spacial score (nSPS) is 9.67. The molecule has 0 spiro atoms. The maximum Gasteiger partial charge on any atom is 0.273 e. The van der Waals surface area contributed by atoms with E-state index < -0.39 is 0 Å². The second-order valence-corrected chi connectivity index (χ2v) is 2.53. The Morgan fingerprint density at radius 1 is 1.50 bits per heavy atom. The number of aryl methyl sites for hydroxylation is 1. The molecule has 0 bridgehead atoms. The molecule has 5 heteroatoms. The first kappa shape index (κ1) is 8.65. The third-order valence-electron chi connectivity index (χ3n) is 1.51. The Hall–Kier alpha value is -1.44. The highest BCUT2D eigenvalue weighted by molar-refractivity contribution is 5.03. The zero-order valence-corrected chi connectivity index (χ0v) is 7.06. The fourth-order valence-corrected chi connectivity index (χ4v) is 0.886. The molecule has 64 valence electrons. The summed E-state index contributed by atoms with van der Waals surface area (Å²) in [6, 6.07) is 1.83. The molecule has 1 heterocycles. The molecule has 0 saturated carbocycles. The van der Waals surface area contributed by atoms with E-state index in [1.165, 1.54) is 11.2 Å². The van der Waals surface area contributed by atoms with Crippen molar-refractivity contribution in [2.75, 3.05) is 0 Å². The van der Waals surface area contributed by atoms with Crippen LogP contribution in [-0.2, 0) is 6.54 Å². The summed E-state index contributed by atoms with van der Waals surface area (Å²) in [5, 5.41) is 19.5. The van der Waals surface area contributed by atoms with E-state index in [1.807, 2.05) is 6.07 Å². The Balaban J connectivity index is 2.38. The van der Waals surface area contributed by atoms with Crippen LogP contribution in [0.3, 0.4) is 0 Å². The molecule has 5 nitrogen and oxygen atoms in total. The fourth-order valence-electron chi connectivity index (χ4n) is 0.886. The van der Waals surface area contributed by atoms with E-state index in [2.05, 4.69) is 22.3 Å². The summed E-state index contributed by atoms with van der Waals surface area (Å²) in [6.07, 6.45) is 3.36. The van der Waals surface area contributed by atoms with E-state index in [0.717, 1.165) is 19.4 Å². The van der Waals surface area contributed by atoms with Crippen LogP contribution in [0.4, 0.5) is 0 Å². The number of hydrogen-bond donors (Lipinski definition) is 0. The Labute approximate surface area is 71.0 Å². The van der Waals surface area contributed by atoms with Crippen LogP contribution < -0.4 is 0 Å². The molecule has 0 unspecified atom stereocenters. The molecule has 12 heavy (non-hydrogen) atoms. The molecule has 0 amide bonds. The van der Waals surface area contributed by atoms with Gasteiger partial charge in [-0.1, -0.05) is 24.9 Å². The van der Waals surface area contributed by atoms with Gasteiger partial charge in [0.05, 0.1) is 6.54 Å². The number of rotatable bonds is 4. The average Bonchev–Trinajstić information content (AvgIpc) is 2.53. The number of nitriles is 1. The van der Waals surface area contributed by atoms with Crippen molar-refractivity contribution in [1.82, 2.24) is 20.2 Å². The molecule has 0 N–H and O–H groups in total. The summed E-state index contributed by atoms with van der Waals surface area (Å²) in [7, 11) is 0. The van der Waals surface area contributed by atoms with Gasteiger partial charge >= 0.3 is 0 Å². The molecular formula is C7H11N5. The lowest BCUT2D eigenvalue weighted by Gasteiger charge is -1.94. The van der Waals surface area contributed by atoms with Gasteiger partial charge in [0.15, 0.2) is 0 Å². The fraction of sp³-hybridized carbons (Fsp3) is 0.714. The quantitative estimate of drug-likeness (QED) is 0.617. The van der Waals surface area contributed by atoms with Gasteiger partial charge in [-0.15, -0.1) is 5.10 Å². The number of hydrogen-bond acceptors (Lipinski definition) is 4. The highest BCUT2D eigenvalue weighted by Crippen LogP contribution is 1.95. The first-order valence-corrected chi connectivity index (χ1v) is 4.04. The molecular weight excluding hydrogens is 154 g/mol. The van der Waals surface area contributed by atoms with Gasteiger partial charge in [0.1, 0.15) is 6.07 Å². The summed E-state index contributed by atoms with van der Waals surface area (Å²) in [5.74, 6) is 0.145. The Morgan fingerprint density at radius 3 is 2.92 bits per heavy atom. The molecule has 0 aliphatic heterocycles. The number of aromatic nitrogens is 4. The van der Waals surface area contributed by atoms with Gasteiger partial charge in [0.25, 0.3) is 5.82 Å². The molecule has 1 aromatic rings. The summed E-state index contributed by atoms with van der Waals surface area (Å²) in [6.45, 7) is 2.89. The average molecular weight is 165 g/mol. The van der Waals surface area contributed by atoms with E-state index in [-0.39, 0.29) is 5.82 Å². The lowest BCUT2D eigenvalue weighted by Crippen LogP contribution is -2.02. The van der Waals surface area contributed by atoms with Crippen LogP contribution in [0, 0.1) is 11.3 Å². The number of tetrazole rings is 1. The van der Waals surface area contributed by atoms with Crippen molar-refractivity contribution in [3.63, 3.8) is 0 Å². The SMILES string of the molecule is CCCCCn1nnc(C#N)n1. The highest BCUT2D eigenvalue weighted by atomic mass is 15.6. The van der Waals surface area contributed by atoms with E-state index in [9.17, 15) is 0 Å². The molecule has 0 radical (unpaired) electrons. The van der Waals surface area contributed by atoms with Crippen LogP contribution >= 0.6 is 0 Å². The minimum absolute atomic E-state index is 0.145. The maximum atomic E-state index is 8.39. The summed E-state index contributed by atoms with van der Waals surface area (Å²) < 4.78 is 0. The monoisotopic (exact) mass is 165 g/mol. The number of nitrogens with zero attached hydrogens (tertiary/aromatic N) is 5. The largest absolute Gasteiger partial charge is 0.273 e. The van der Waals surface area contributed by atoms with Gasteiger partial charge in [-0.25, -0.2) is 0 Å². The predicted molar refractivity (Wildman–Crippen MR) is 42.1 cm³/mol. The minimum atomic E-state index is 0.145. The van der Waals surface area contributed by atoms with Crippen LogP contribution in [0.1, 0.15) is 32.0 Å². The third kappa shape index (κ3) is 2.31. The minimum Gasteiger partial charge on any atom is -0.189 e. The van der Waals surface area contributed by atoms with Gasteiger partial charge in [-0.05, 0) is 11.6 Å². The maximum absolute atomic E-state index is 8.39. The Kier molecular flexibility index (Phi) is 3.20. The van der Waals surface area contributed by atoms with Crippen molar-refractivity contribution in [2.45, 2.75) is 32.7 Å². The van der Waals surface area contributed by atoms with Crippen LogP contribution in [-0.4, -0.2) is 20.2 Å². The number of unbranched alkanes of at least 4 members (excludes halogenated alkanes) is 2. The zero-order chi connectivity index (χ0) is 8.81. The smallest absolute Gasteiger partial charge is 0.189 e. The van der Waals surface area contributed by atoms with Gasteiger partial charge in [0.2, 0.25) is 0 Å². The van der Waals surface area contributed by atoms with Gasteiger partial charge in [-0.2, -0.15) is 10.1 Å². The van der Waals surface area contributed by atoms with Crippen molar-refractivity contribution in [2.24, 2.45) is 0 Å². The second kappa shape index (κ2) is 4.44. The van der Waals surface area contributed by atoms with Crippen LogP contribution in [0.25, 0.3) is 0 Å². The van der Waals surface area contributed by atoms with E-state index in [0.29, 0.717) is 0 Å². The van der Waals surface area contributed by atoms with Crippen molar-refractivity contribution in [3.05, 3.63) is 5.82 Å². The topological polar surface area (TPSA) is 67.4 Å². The van der Waals surface area contributed by atoms with Crippen molar-refractivity contribution in [3.8, 4) is 6.07 Å². The molecule has 0 saturated heterocycles. The molecule has 0 aliphatic carbocycles. The predicted octanol–water partition coefficient (Wildman–Crippen LogP) is 0.735. The van der Waals surface area contributed by atoms with Crippen molar-refractivity contribution < 1.29 is 0 Å². The van der Waals surface area contributed by atoms with E-state index >= 15 is 0 Å². The molecule has 0 fully saturated rings.